The predicted molar refractivity (Wildman–Crippen MR) is 56.3 cm³/mol. The number of nitrogens with one attached hydrogen (secondary N) is 1. The Morgan fingerprint density at radius 1 is 1.43 bits per heavy atom. The molecule has 14 heavy (non-hydrogen) atoms. The second kappa shape index (κ2) is 4.42. The largest absolute Gasteiger partial charge is 0.354 e. The molecule has 1 aromatic heterocycles. The lowest BCUT2D eigenvalue weighted by Gasteiger charge is -2.23. The lowest BCUT2D eigenvalue weighted by atomic mass is 10.00. The van der Waals surface area contributed by atoms with Crippen LogP contribution in [0.3, 0.4) is 0 Å². The summed E-state index contributed by atoms with van der Waals surface area (Å²) in [6.07, 6.45) is 6.30. The Labute approximate surface area is 83.8 Å². The maximum absolute atomic E-state index is 10.9. The molecule has 0 saturated carbocycles. The molecule has 1 fully saturated rings. The van der Waals surface area contributed by atoms with Crippen LogP contribution in [0.5, 0.6) is 0 Å². The summed E-state index contributed by atoms with van der Waals surface area (Å²) in [5, 5.41) is 3.39. The van der Waals surface area contributed by atoms with Crippen molar-refractivity contribution in [3.63, 3.8) is 0 Å². The summed E-state index contributed by atoms with van der Waals surface area (Å²) in [4.78, 5) is 10.9. The summed E-state index contributed by atoms with van der Waals surface area (Å²) in [6, 6.07) is 3.24. The molecule has 1 saturated heterocycles. The molecule has 0 radical (unpaired) electrons. The maximum Gasteiger partial charge on any atom is 0.181 e. The van der Waals surface area contributed by atoms with Gasteiger partial charge < -0.3 is 9.88 Å². The van der Waals surface area contributed by atoms with Gasteiger partial charge in [-0.05, 0) is 31.8 Å². The van der Waals surface area contributed by atoms with E-state index in [-0.39, 0.29) is 5.43 Å². The van der Waals surface area contributed by atoms with Gasteiger partial charge in [0.05, 0.1) is 0 Å². The van der Waals surface area contributed by atoms with Crippen molar-refractivity contribution in [3.8, 4) is 0 Å². The number of rotatable bonds is 2. The standard InChI is InChI=1S/C11H16N2O/c14-11-3-6-13(7-4-11)9-10-2-1-5-12-8-10/h3-4,6-7,10,12H,1-2,5,8-9H2. The van der Waals surface area contributed by atoms with Gasteiger partial charge in [-0.15, -0.1) is 0 Å². The average Bonchev–Trinajstić information content (AvgIpc) is 2.23. The smallest absolute Gasteiger partial charge is 0.181 e. The Kier molecular flexibility index (Phi) is 2.99. The molecule has 1 aromatic rings. The van der Waals surface area contributed by atoms with Crippen molar-refractivity contribution in [2.24, 2.45) is 5.92 Å². The van der Waals surface area contributed by atoms with Crippen LogP contribution in [0.1, 0.15) is 12.8 Å². The highest BCUT2D eigenvalue weighted by Gasteiger charge is 2.12. The van der Waals surface area contributed by atoms with E-state index in [1.807, 2.05) is 12.4 Å². The molecule has 0 aliphatic carbocycles. The summed E-state index contributed by atoms with van der Waals surface area (Å²) >= 11 is 0. The van der Waals surface area contributed by atoms with Gasteiger partial charge in [0.1, 0.15) is 0 Å². The van der Waals surface area contributed by atoms with Gasteiger partial charge in [-0.1, -0.05) is 0 Å². The molecule has 3 heteroatoms. The molecule has 1 atom stereocenters. The molecule has 0 aromatic carbocycles. The van der Waals surface area contributed by atoms with E-state index in [0.717, 1.165) is 19.6 Å². The van der Waals surface area contributed by atoms with Crippen LogP contribution in [-0.4, -0.2) is 17.7 Å². The first kappa shape index (κ1) is 9.46. The van der Waals surface area contributed by atoms with Gasteiger partial charge in [-0.25, -0.2) is 0 Å². The van der Waals surface area contributed by atoms with Gasteiger partial charge in [0, 0.05) is 31.1 Å². The summed E-state index contributed by atoms with van der Waals surface area (Å²) in [5.41, 5.74) is 0.0861. The first-order valence-electron chi connectivity index (χ1n) is 5.21. The molecule has 0 bridgehead atoms. The molecule has 2 rings (SSSR count). The molecule has 1 aliphatic rings. The van der Waals surface area contributed by atoms with Crippen molar-refractivity contribution < 1.29 is 0 Å². The van der Waals surface area contributed by atoms with Crippen molar-refractivity contribution in [2.75, 3.05) is 13.1 Å². The Balaban J connectivity index is 1.96. The zero-order valence-electron chi connectivity index (χ0n) is 8.28. The Bertz CT molecular complexity index is 319. The predicted octanol–water partition coefficient (Wildman–Crippen LogP) is 0.848. The second-order valence-electron chi connectivity index (χ2n) is 3.94. The summed E-state index contributed by atoms with van der Waals surface area (Å²) in [7, 11) is 0. The quantitative estimate of drug-likeness (QED) is 0.753. The molecule has 0 amide bonds. The third kappa shape index (κ3) is 2.45. The minimum Gasteiger partial charge on any atom is -0.354 e. The molecular formula is C11H16N2O. The average molecular weight is 192 g/mol. The second-order valence-corrected chi connectivity index (χ2v) is 3.94. The molecule has 3 nitrogen and oxygen atoms in total. The van der Waals surface area contributed by atoms with E-state index >= 15 is 0 Å². The molecule has 1 N–H and O–H groups in total. The van der Waals surface area contributed by atoms with Crippen molar-refractivity contribution in [1.29, 1.82) is 0 Å². The number of pyridine rings is 1. The fourth-order valence-electron chi connectivity index (χ4n) is 1.94. The highest BCUT2D eigenvalue weighted by molar-refractivity contribution is 4.94. The number of hydrogen-bond donors (Lipinski definition) is 1. The normalized spacial score (nSPS) is 22.1. The van der Waals surface area contributed by atoms with Crippen LogP contribution in [0.4, 0.5) is 0 Å². The number of nitrogens with zero attached hydrogens (tertiary/aromatic N) is 1. The molecule has 76 valence electrons. The Morgan fingerprint density at radius 2 is 2.21 bits per heavy atom. The Hall–Kier alpha value is -1.09. The number of piperidine rings is 1. The van der Waals surface area contributed by atoms with E-state index in [9.17, 15) is 4.79 Å². The topological polar surface area (TPSA) is 34.0 Å². The molecule has 2 heterocycles. The zero-order valence-corrected chi connectivity index (χ0v) is 8.28. The van der Waals surface area contributed by atoms with E-state index in [2.05, 4.69) is 9.88 Å². The van der Waals surface area contributed by atoms with E-state index < -0.39 is 0 Å². The van der Waals surface area contributed by atoms with Crippen molar-refractivity contribution >= 4 is 0 Å². The van der Waals surface area contributed by atoms with Crippen LogP contribution in [0, 0.1) is 5.92 Å². The zero-order chi connectivity index (χ0) is 9.80. The van der Waals surface area contributed by atoms with Gasteiger partial charge >= 0.3 is 0 Å². The highest BCUT2D eigenvalue weighted by Crippen LogP contribution is 2.11. The van der Waals surface area contributed by atoms with Crippen LogP contribution >= 0.6 is 0 Å². The fourth-order valence-corrected chi connectivity index (χ4v) is 1.94. The van der Waals surface area contributed by atoms with E-state index in [1.165, 1.54) is 12.8 Å². The molecule has 0 spiro atoms. The van der Waals surface area contributed by atoms with Gasteiger partial charge in [0.15, 0.2) is 5.43 Å². The third-order valence-corrected chi connectivity index (χ3v) is 2.73. The van der Waals surface area contributed by atoms with Crippen molar-refractivity contribution in [3.05, 3.63) is 34.7 Å². The number of hydrogen-bond acceptors (Lipinski definition) is 2. The van der Waals surface area contributed by atoms with Gasteiger partial charge in [0.2, 0.25) is 0 Å². The monoisotopic (exact) mass is 192 g/mol. The lowest BCUT2D eigenvalue weighted by Crippen LogP contribution is -2.32. The van der Waals surface area contributed by atoms with Crippen LogP contribution in [-0.2, 0) is 6.54 Å². The minimum absolute atomic E-state index is 0.0861. The summed E-state index contributed by atoms with van der Waals surface area (Å²) in [5.74, 6) is 0.714. The van der Waals surface area contributed by atoms with Crippen molar-refractivity contribution in [1.82, 2.24) is 9.88 Å². The van der Waals surface area contributed by atoms with Crippen LogP contribution < -0.4 is 10.7 Å². The number of aromatic nitrogens is 1. The van der Waals surface area contributed by atoms with Gasteiger partial charge in [-0.3, -0.25) is 4.79 Å². The first-order valence-corrected chi connectivity index (χ1v) is 5.21. The summed E-state index contributed by atoms with van der Waals surface area (Å²) < 4.78 is 2.10. The molecular weight excluding hydrogens is 176 g/mol. The van der Waals surface area contributed by atoms with E-state index in [0.29, 0.717) is 5.92 Å². The van der Waals surface area contributed by atoms with E-state index in [1.54, 1.807) is 12.1 Å². The van der Waals surface area contributed by atoms with E-state index in [4.69, 9.17) is 0 Å². The minimum atomic E-state index is 0.0861. The lowest BCUT2D eigenvalue weighted by molar-refractivity contribution is 0.336. The third-order valence-electron chi connectivity index (χ3n) is 2.73. The van der Waals surface area contributed by atoms with Gasteiger partial charge in [0.25, 0.3) is 0 Å². The Morgan fingerprint density at radius 3 is 2.86 bits per heavy atom. The first-order chi connectivity index (χ1) is 6.84. The van der Waals surface area contributed by atoms with Crippen LogP contribution in [0.2, 0.25) is 0 Å². The summed E-state index contributed by atoms with van der Waals surface area (Å²) in [6.45, 7) is 3.28. The highest BCUT2D eigenvalue weighted by atomic mass is 16.1. The SMILES string of the molecule is O=c1ccn(CC2CCCNC2)cc1. The maximum atomic E-state index is 10.9. The fraction of sp³-hybridized carbons (Fsp3) is 0.545. The van der Waals surface area contributed by atoms with Crippen LogP contribution in [0.15, 0.2) is 29.3 Å². The molecule has 1 aliphatic heterocycles. The molecule has 1 unspecified atom stereocenters. The van der Waals surface area contributed by atoms with Gasteiger partial charge in [-0.2, -0.15) is 0 Å². The van der Waals surface area contributed by atoms with Crippen molar-refractivity contribution in [2.45, 2.75) is 19.4 Å². The van der Waals surface area contributed by atoms with Crippen LogP contribution in [0.25, 0.3) is 0 Å².